The van der Waals surface area contributed by atoms with E-state index in [9.17, 15) is 10.1 Å². The Hall–Kier alpha value is -0.520. The third-order valence-corrected chi connectivity index (χ3v) is 3.21. The van der Waals surface area contributed by atoms with E-state index in [4.69, 9.17) is 23.2 Å². The van der Waals surface area contributed by atoms with Crippen LogP contribution in [0.25, 0.3) is 0 Å². The van der Waals surface area contributed by atoms with Crippen LogP contribution in [0.15, 0.2) is 12.1 Å². The zero-order valence-electron chi connectivity index (χ0n) is 7.86. The zero-order valence-corrected chi connectivity index (χ0v) is 10.2. The van der Waals surface area contributed by atoms with Gasteiger partial charge < -0.3 is 4.90 Å². The summed E-state index contributed by atoms with van der Waals surface area (Å²) in [5, 5.41) is 11.5. The molecular formula is C8H10Cl2N2O2S. The van der Waals surface area contributed by atoms with Crippen molar-refractivity contribution in [3.8, 4) is 0 Å². The number of hydrogen-bond acceptors (Lipinski definition) is 4. The summed E-state index contributed by atoms with van der Waals surface area (Å²) in [6.07, 6.45) is 0. The second-order valence-corrected chi connectivity index (χ2v) is 4.53. The Labute approximate surface area is 102 Å². The highest BCUT2D eigenvalue weighted by Crippen LogP contribution is 2.31. The fourth-order valence-corrected chi connectivity index (χ4v) is 2.40. The summed E-state index contributed by atoms with van der Waals surface area (Å²) in [6, 6.07) is 3.22. The molecule has 0 aliphatic heterocycles. The van der Waals surface area contributed by atoms with Crippen LogP contribution in [0.2, 0.25) is 0 Å². The van der Waals surface area contributed by atoms with Gasteiger partial charge in [0.1, 0.15) is 0 Å². The highest BCUT2D eigenvalue weighted by atomic mass is 35.5. The topological polar surface area (TPSA) is 46.4 Å². The number of rotatable bonds is 6. The predicted molar refractivity (Wildman–Crippen MR) is 64.6 cm³/mol. The number of nitro groups is 1. The lowest BCUT2D eigenvalue weighted by molar-refractivity contribution is -0.380. The van der Waals surface area contributed by atoms with Gasteiger partial charge in [-0.2, -0.15) is 0 Å². The first-order valence-corrected chi connectivity index (χ1v) is 6.18. The highest BCUT2D eigenvalue weighted by molar-refractivity contribution is 7.19. The number of halogens is 2. The van der Waals surface area contributed by atoms with E-state index < -0.39 is 4.92 Å². The minimum atomic E-state index is -0.395. The maximum absolute atomic E-state index is 10.5. The molecule has 0 radical (unpaired) electrons. The largest absolute Gasteiger partial charge is 0.361 e. The SMILES string of the molecule is O=[N+]([O-])c1ccc(N(CCCl)CCCl)s1. The first-order valence-electron chi connectivity index (χ1n) is 4.30. The van der Waals surface area contributed by atoms with Gasteiger partial charge in [-0.25, -0.2) is 0 Å². The summed E-state index contributed by atoms with van der Waals surface area (Å²) in [5.74, 6) is 0.950. The summed E-state index contributed by atoms with van der Waals surface area (Å²) >= 11 is 12.4. The van der Waals surface area contributed by atoms with Crippen LogP contribution in [0.1, 0.15) is 0 Å². The molecule has 0 amide bonds. The Morgan fingerprint density at radius 3 is 2.33 bits per heavy atom. The van der Waals surface area contributed by atoms with Crippen LogP contribution in [0.4, 0.5) is 10.0 Å². The van der Waals surface area contributed by atoms with E-state index in [2.05, 4.69) is 0 Å². The van der Waals surface area contributed by atoms with Crippen LogP contribution < -0.4 is 4.90 Å². The van der Waals surface area contributed by atoms with E-state index in [0.29, 0.717) is 24.8 Å². The van der Waals surface area contributed by atoms with Crippen molar-refractivity contribution >= 4 is 44.5 Å². The molecule has 0 N–H and O–H groups in total. The molecule has 7 heteroatoms. The first kappa shape index (κ1) is 12.5. The molecule has 84 valence electrons. The van der Waals surface area contributed by atoms with E-state index in [1.807, 2.05) is 4.90 Å². The molecule has 1 aromatic rings. The van der Waals surface area contributed by atoms with E-state index >= 15 is 0 Å². The fourth-order valence-electron chi connectivity index (χ4n) is 1.12. The van der Waals surface area contributed by atoms with Crippen LogP contribution in [0.3, 0.4) is 0 Å². The lowest BCUT2D eigenvalue weighted by Gasteiger charge is -2.19. The Kier molecular flexibility index (Phi) is 5.14. The van der Waals surface area contributed by atoms with Crippen molar-refractivity contribution in [3.05, 3.63) is 22.2 Å². The first-order chi connectivity index (χ1) is 7.19. The predicted octanol–water partition coefficient (Wildman–Crippen LogP) is 2.94. The van der Waals surface area contributed by atoms with Gasteiger partial charge in [-0.3, -0.25) is 10.1 Å². The van der Waals surface area contributed by atoms with Gasteiger partial charge in [0, 0.05) is 30.9 Å². The van der Waals surface area contributed by atoms with Gasteiger partial charge in [0.15, 0.2) is 0 Å². The molecular weight excluding hydrogens is 259 g/mol. The van der Waals surface area contributed by atoms with Crippen LogP contribution >= 0.6 is 34.5 Å². The number of nitrogens with zero attached hydrogens (tertiary/aromatic N) is 2. The van der Waals surface area contributed by atoms with E-state index in [0.717, 1.165) is 16.3 Å². The van der Waals surface area contributed by atoms with Crippen molar-refractivity contribution < 1.29 is 4.92 Å². The molecule has 0 aromatic carbocycles. The van der Waals surface area contributed by atoms with Gasteiger partial charge in [0.2, 0.25) is 0 Å². The maximum atomic E-state index is 10.5. The second-order valence-electron chi connectivity index (χ2n) is 2.73. The smallest absolute Gasteiger partial charge is 0.326 e. The molecule has 15 heavy (non-hydrogen) atoms. The summed E-state index contributed by atoms with van der Waals surface area (Å²) in [4.78, 5) is 12.0. The molecule has 1 rings (SSSR count). The molecule has 1 aromatic heterocycles. The number of anilines is 1. The molecule has 0 atom stereocenters. The average Bonchev–Trinajstić information content (AvgIpc) is 2.66. The molecule has 0 fully saturated rings. The van der Waals surface area contributed by atoms with Gasteiger partial charge in [0.05, 0.1) is 9.92 Å². The molecule has 0 spiro atoms. The van der Waals surface area contributed by atoms with Gasteiger partial charge in [0.25, 0.3) is 0 Å². The van der Waals surface area contributed by atoms with Crippen LogP contribution in [-0.2, 0) is 0 Å². The van der Waals surface area contributed by atoms with Crippen molar-refractivity contribution in [2.75, 3.05) is 29.7 Å². The van der Waals surface area contributed by atoms with Crippen molar-refractivity contribution in [2.24, 2.45) is 0 Å². The van der Waals surface area contributed by atoms with Crippen molar-refractivity contribution in [1.29, 1.82) is 0 Å². The Balaban J connectivity index is 2.76. The molecule has 0 bridgehead atoms. The Morgan fingerprint density at radius 1 is 1.33 bits per heavy atom. The van der Waals surface area contributed by atoms with Crippen molar-refractivity contribution in [2.45, 2.75) is 0 Å². The Morgan fingerprint density at radius 2 is 1.93 bits per heavy atom. The molecule has 0 aliphatic rings. The van der Waals surface area contributed by atoms with Crippen LogP contribution in [0.5, 0.6) is 0 Å². The summed E-state index contributed by atoms with van der Waals surface area (Å²) < 4.78 is 0. The average molecular weight is 269 g/mol. The maximum Gasteiger partial charge on any atom is 0.326 e. The lowest BCUT2D eigenvalue weighted by Crippen LogP contribution is -2.26. The fraction of sp³-hybridized carbons (Fsp3) is 0.500. The third kappa shape index (κ3) is 3.52. The summed E-state index contributed by atoms with van der Waals surface area (Å²) in [7, 11) is 0. The normalized spacial score (nSPS) is 10.3. The van der Waals surface area contributed by atoms with E-state index in [1.165, 1.54) is 6.07 Å². The number of thiophene rings is 1. The third-order valence-electron chi connectivity index (χ3n) is 1.78. The lowest BCUT2D eigenvalue weighted by atomic mass is 10.5. The summed E-state index contributed by atoms with van der Waals surface area (Å²) in [6.45, 7) is 1.29. The molecule has 1 heterocycles. The van der Waals surface area contributed by atoms with Crippen molar-refractivity contribution in [1.82, 2.24) is 0 Å². The van der Waals surface area contributed by atoms with Crippen LogP contribution in [0, 0.1) is 10.1 Å². The molecule has 0 saturated heterocycles. The zero-order chi connectivity index (χ0) is 11.3. The van der Waals surface area contributed by atoms with Gasteiger partial charge >= 0.3 is 5.00 Å². The Bertz CT molecular complexity index is 326. The second kappa shape index (κ2) is 6.15. The van der Waals surface area contributed by atoms with Crippen molar-refractivity contribution in [3.63, 3.8) is 0 Å². The quantitative estimate of drug-likeness (QED) is 0.453. The van der Waals surface area contributed by atoms with Gasteiger partial charge in [-0.15, -0.1) is 23.2 Å². The molecule has 4 nitrogen and oxygen atoms in total. The number of alkyl halides is 2. The van der Waals surface area contributed by atoms with Gasteiger partial charge in [-0.1, -0.05) is 0 Å². The minimum absolute atomic E-state index is 0.138. The molecule has 0 aliphatic carbocycles. The van der Waals surface area contributed by atoms with E-state index in [1.54, 1.807) is 6.07 Å². The van der Waals surface area contributed by atoms with Crippen LogP contribution in [-0.4, -0.2) is 29.8 Å². The van der Waals surface area contributed by atoms with Gasteiger partial charge in [-0.05, 0) is 17.4 Å². The summed E-state index contributed by atoms with van der Waals surface area (Å²) in [5.41, 5.74) is 0. The molecule has 0 unspecified atom stereocenters. The molecule has 0 saturated carbocycles. The highest BCUT2D eigenvalue weighted by Gasteiger charge is 2.14. The standard InChI is InChI=1S/C8H10Cl2N2O2S/c9-3-5-11(6-4-10)7-1-2-8(15-7)12(13)14/h1-2H,3-6H2. The minimum Gasteiger partial charge on any atom is -0.361 e. The number of hydrogen-bond donors (Lipinski definition) is 0. The van der Waals surface area contributed by atoms with E-state index in [-0.39, 0.29) is 5.00 Å². The monoisotopic (exact) mass is 268 g/mol.